The summed E-state index contributed by atoms with van der Waals surface area (Å²) in [6, 6.07) is 0. The maximum Gasteiger partial charge on any atom is 0.0274 e. The fourth-order valence-corrected chi connectivity index (χ4v) is 1.07. The summed E-state index contributed by atoms with van der Waals surface area (Å²) in [4.78, 5) is 0. The van der Waals surface area contributed by atoms with Crippen molar-refractivity contribution in [3.63, 3.8) is 0 Å². The van der Waals surface area contributed by atoms with Crippen LogP contribution in [-0.2, 0) is 0 Å². The van der Waals surface area contributed by atoms with Crippen LogP contribution in [0, 0.1) is 5.92 Å². The van der Waals surface area contributed by atoms with Crippen molar-refractivity contribution in [2.75, 3.05) is 0 Å². The second kappa shape index (κ2) is 3.28. The average Bonchev–Trinajstić information content (AvgIpc) is 1.91. The molecule has 0 saturated carbocycles. The van der Waals surface area contributed by atoms with Gasteiger partial charge >= 0.3 is 0 Å². The Labute approximate surface area is 55.4 Å². The van der Waals surface area contributed by atoms with Gasteiger partial charge in [0.15, 0.2) is 0 Å². The largest absolute Gasteiger partial charge is 0.324 e. The van der Waals surface area contributed by atoms with E-state index in [0.29, 0.717) is 5.92 Å². The third-order valence-electron chi connectivity index (χ3n) is 1.61. The van der Waals surface area contributed by atoms with Crippen LogP contribution in [0.15, 0.2) is 17.3 Å². The summed E-state index contributed by atoms with van der Waals surface area (Å²) in [5.74, 6) is 5.60. The van der Waals surface area contributed by atoms with Gasteiger partial charge in [0.25, 0.3) is 0 Å². The molecule has 0 bridgehead atoms. The molecule has 0 radical (unpaired) electrons. The molecule has 1 unspecified atom stereocenters. The van der Waals surface area contributed by atoms with E-state index in [2.05, 4.69) is 17.3 Å². The van der Waals surface area contributed by atoms with E-state index >= 15 is 0 Å². The Hall–Kier alpha value is -0.790. The molecule has 50 valence electrons. The van der Waals surface area contributed by atoms with Crippen LogP contribution >= 0.6 is 0 Å². The summed E-state index contributed by atoms with van der Waals surface area (Å²) in [6.07, 6.45) is 9.73. The Morgan fingerprint density at radius 3 is 3.00 bits per heavy atom. The Morgan fingerprint density at radius 1 is 1.56 bits per heavy atom. The van der Waals surface area contributed by atoms with Gasteiger partial charge in [0.1, 0.15) is 0 Å². The minimum Gasteiger partial charge on any atom is -0.324 e. The predicted molar refractivity (Wildman–Crippen MR) is 39.2 cm³/mol. The predicted octanol–water partition coefficient (Wildman–Crippen LogP) is 1.29. The Bertz CT molecular complexity index is 127. The van der Waals surface area contributed by atoms with Gasteiger partial charge in [-0.25, -0.2) is 0 Å². The van der Waals surface area contributed by atoms with Crippen molar-refractivity contribution < 1.29 is 0 Å². The van der Waals surface area contributed by atoms with E-state index in [-0.39, 0.29) is 0 Å². The molecule has 0 aromatic carbocycles. The molecule has 0 heterocycles. The van der Waals surface area contributed by atoms with Crippen molar-refractivity contribution in [2.45, 2.75) is 19.3 Å². The van der Waals surface area contributed by atoms with Crippen molar-refractivity contribution in [1.82, 2.24) is 0 Å². The van der Waals surface area contributed by atoms with E-state index in [1.54, 1.807) is 0 Å². The standard InChI is InChI=1S/C7H12N2/c8-9-6-7-4-2-1-3-5-7/h1-2,6-7H,3-5,8H2. The van der Waals surface area contributed by atoms with Crippen LogP contribution in [0.1, 0.15) is 19.3 Å². The summed E-state index contributed by atoms with van der Waals surface area (Å²) < 4.78 is 0. The molecule has 0 aromatic rings. The van der Waals surface area contributed by atoms with Gasteiger partial charge in [0, 0.05) is 6.21 Å². The number of hydrazone groups is 1. The summed E-state index contributed by atoms with van der Waals surface area (Å²) in [5, 5.41) is 3.50. The van der Waals surface area contributed by atoms with Crippen molar-refractivity contribution in [3.8, 4) is 0 Å². The fraction of sp³-hybridized carbons (Fsp3) is 0.571. The highest BCUT2D eigenvalue weighted by Gasteiger charge is 2.05. The van der Waals surface area contributed by atoms with E-state index in [0.717, 1.165) is 6.42 Å². The highest BCUT2D eigenvalue weighted by molar-refractivity contribution is 5.60. The van der Waals surface area contributed by atoms with E-state index < -0.39 is 0 Å². The van der Waals surface area contributed by atoms with Gasteiger partial charge in [-0.2, -0.15) is 5.10 Å². The lowest BCUT2D eigenvalue weighted by Crippen LogP contribution is -2.04. The van der Waals surface area contributed by atoms with Crippen LogP contribution in [-0.4, -0.2) is 6.21 Å². The molecule has 0 aliphatic heterocycles. The molecule has 1 rings (SSSR count). The van der Waals surface area contributed by atoms with Crippen LogP contribution in [0.2, 0.25) is 0 Å². The lowest BCUT2D eigenvalue weighted by atomic mass is 9.96. The van der Waals surface area contributed by atoms with Crippen LogP contribution in [0.3, 0.4) is 0 Å². The Balaban J connectivity index is 2.35. The normalized spacial score (nSPS) is 27.3. The zero-order valence-electron chi connectivity index (χ0n) is 5.46. The first-order chi connectivity index (χ1) is 4.43. The molecule has 2 nitrogen and oxygen atoms in total. The number of nitrogens with two attached hydrogens (primary N) is 1. The molecule has 0 amide bonds. The summed E-state index contributed by atoms with van der Waals surface area (Å²) in [6.45, 7) is 0. The summed E-state index contributed by atoms with van der Waals surface area (Å²) in [5.41, 5.74) is 0. The van der Waals surface area contributed by atoms with Crippen molar-refractivity contribution in [3.05, 3.63) is 12.2 Å². The van der Waals surface area contributed by atoms with Gasteiger partial charge in [0.2, 0.25) is 0 Å². The van der Waals surface area contributed by atoms with E-state index in [4.69, 9.17) is 5.84 Å². The van der Waals surface area contributed by atoms with Gasteiger partial charge in [-0.15, -0.1) is 0 Å². The van der Waals surface area contributed by atoms with E-state index in [1.165, 1.54) is 12.8 Å². The van der Waals surface area contributed by atoms with Gasteiger partial charge in [-0.05, 0) is 25.2 Å². The Morgan fingerprint density at radius 2 is 2.44 bits per heavy atom. The minimum atomic E-state index is 0.597. The first-order valence-electron chi connectivity index (χ1n) is 3.32. The fourth-order valence-electron chi connectivity index (χ4n) is 1.07. The zero-order chi connectivity index (χ0) is 6.53. The minimum absolute atomic E-state index is 0.597. The number of rotatable bonds is 1. The monoisotopic (exact) mass is 124 g/mol. The van der Waals surface area contributed by atoms with Gasteiger partial charge in [-0.1, -0.05) is 12.2 Å². The topological polar surface area (TPSA) is 38.4 Å². The van der Waals surface area contributed by atoms with Gasteiger partial charge < -0.3 is 5.84 Å². The molecular formula is C7H12N2. The highest BCUT2D eigenvalue weighted by atomic mass is 15.1. The number of hydrogen-bond donors (Lipinski definition) is 1. The van der Waals surface area contributed by atoms with E-state index in [1.807, 2.05) is 6.21 Å². The van der Waals surface area contributed by atoms with Gasteiger partial charge in [0.05, 0.1) is 0 Å². The zero-order valence-corrected chi connectivity index (χ0v) is 5.46. The van der Waals surface area contributed by atoms with Crippen LogP contribution in [0.5, 0.6) is 0 Å². The van der Waals surface area contributed by atoms with Crippen molar-refractivity contribution >= 4 is 6.21 Å². The molecule has 1 aliphatic carbocycles. The highest BCUT2D eigenvalue weighted by Crippen LogP contribution is 2.15. The second-order valence-electron chi connectivity index (χ2n) is 2.34. The third kappa shape index (κ3) is 1.88. The first kappa shape index (κ1) is 6.33. The molecule has 2 N–H and O–H groups in total. The van der Waals surface area contributed by atoms with Crippen LogP contribution in [0.25, 0.3) is 0 Å². The molecule has 1 atom stereocenters. The number of allylic oxidation sites excluding steroid dienone is 2. The van der Waals surface area contributed by atoms with Crippen LogP contribution < -0.4 is 5.84 Å². The number of hydrogen-bond acceptors (Lipinski definition) is 2. The first-order valence-corrected chi connectivity index (χ1v) is 3.32. The van der Waals surface area contributed by atoms with Crippen molar-refractivity contribution in [2.24, 2.45) is 16.9 Å². The lowest BCUT2D eigenvalue weighted by molar-refractivity contribution is 0.626. The smallest absolute Gasteiger partial charge is 0.0274 e. The molecule has 2 heteroatoms. The lowest BCUT2D eigenvalue weighted by Gasteiger charge is -2.10. The Kier molecular flexibility index (Phi) is 2.31. The van der Waals surface area contributed by atoms with E-state index in [9.17, 15) is 0 Å². The molecule has 0 aromatic heterocycles. The molecule has 1 aliphatic rings. The molecule has 0 spiro atoms. The SMILES string of the molecule is NN=CC1CC=CCC1. The molecule has 0 fully saturated rings. The molecular weight excluding hydrogens is 112 g/mol. The average molecular weight is 124 g/mol. The maximum absolute atomic E-state index is 5.00. The third-order valence-corrected chi connectivity index (χ3v) is 1.61. The van der Waals surface area contributed by atoms with Gasteiger partial charge in [-0.3, -0.25) is 0 Å². The molecule has 0 saturated heterocycles. The quantitative estimate of drug-likeness (QED) is 0.243. The maximum atomic E-state index is 5.00. The molecule has 9 heavy (non-hydrogen) atoms. The number of nitrogens with zero attached hydrogens (tertiary/aromatic N) is 1. The summed E-state index contributed by atoms with van der Waals surface area (Å²) >= 11 is 0. The van der Waals surface area contributed by atoms with Crippen molar-refractivity contribution in [1.29, 1.82) is 0 Å². The summed E-state index contributed by atoms with van der Waals surface area (Å²) in [7, 11) is 0. The van der Waals surface area contributed by atoms with Crippen LogP contribution in [0.4, 0.5) is 0 Å². The second-order valence-corrected chi connectivity index (χ2v) is 2.34.